The highest BCUT2D eigenvalue weighted by Crippen LogP contribution is 2.19. The van der Waals surface area contributed by atoms with E-state index >= 15 is 0 Å². The Labute approximate surface area is 73.4 Å². The van der Waals surface area contributed by atoms with Crippen molar-refractivity contribution in [1.29, 1.82) is 0 Å². The number of allylic oxidation sites excluding steroid dienone is 1. The van der Waals surface area contributed by atoms with Crippen LogP contribution in [-0.2, 0) is 6.42 Å². The van der Waals surface area contributed by atoms with Crippen LogP contribution < -0.4 is 0 Å². The summed E-state index contributed by atoms with van der Waals surface area (Å²) in [7, 11) is 0. The Bertz CT molecular complexity index is 287. The Kier molecular flexibility index (Phi) is 2.92. The van der Waals surface area contributed by atoms with Crippen molar-refractivity contribution >= 4 is 6.08 Å². The summed E-state index contributed by atoms with van der Waals surface area (Å²) in [5, 5.41) is 9.41. The number of hydrogen-bond donors (Lipinski definition) is 1. The average molecular weight is 162 g/mol. The number of hydrogen-bond acceptors (Lipinski definition) is 1. The minimum atomic E-state index is 0.352. The number of aryl methyl sites for hydroxylation is 1. The highest BCUT2D eigenvalue weighted by atomic mass is 16.3. The van der Waals surface area contributed by atoms with Gasteiger partial charge in [0.05, 0.1) is 0 Å². The van der Waals surface area contributed by atoms with Gasteiger partial charge in [-0.1, -0.05) is 25.1 Å². The first-order chi connectivity index (χ1) is 5.77. The summed E-state index contributed by atoms with van der Waals surface area (Å²) in [6.07, 6.45) is 4.84. The quantitative estimate of drug-likeness (QED) is 0.708. The van der Waals surface area contributed by atoms with Crippen molar-refractivity contribution in [1.82, 2.24) is 0 Å². The van der Waals surface area contributed by atoms with Gasteiger partial charge < -0.3 is 5.11 Å². The summed E-state index contributed by atoms with van der Waals surface area (Å²) < 4.78 is 0. The second kappa shape index (κ2) is 3.96. The van der Waals surface area contributed by atoms with Crippen LogP contribution in [0.25, 0.3) is 6.08 Å². The normalized spacial score (nSPS) is 10.8. The van der Waals surface area contributed by atoms with Crippen LogP contribution in [0.15, 0.2) is 24.3 Å². The molecule has 1 aromatic carbocycles. The van der Waals surface area contributed by atoms with Gasteiger partial charge in [-0.05, 0) is 31.0 Å². The highest BCUT2D eigenvalue weighted by molar-refractivity contribution is 5.57. The summed E-state index contributed by atoms with van der Waals surface area (Å²) in [6.45, 7) is 4.05. The van der Waals surface area contributed by atoms with Gasteiger partial charge in [-0.15, -0.1) is 0 Å². The summed E-state index contributed by atoms with van der Waals surface area (Å²) >= 11 is 0. The molecule has 0 aliphatic carbocycles. The van der Waals surface area contributed by atoms with Crippen LogP contribution in [0.1, 0.15) is 25.0 Å². The number of phenols is 1. The van der Waals surface area contributed by atoms with Crippen molar-refractivity contribution in [3.63, 3.8) is 0 Å². The fraction of sp³-hybridized carbons (Fsp3) is 0.273. The smallest absolute Gasteiger partial charge is 0.122 e. The predicted molar refractivity (Wildman–Crippen MR) is 52.2 cm³/mol. The molecule has 0 unspecified atom stereocenters. The molecule has 0 spiro atoms. The molecule has 0 saturated heterocycles. The zero-order valence-corrected chi connectivity index (χ0v) is 7.54. The van der Waals surface area contributed by atoms with E-state index < -0.39 is 0 Å². The minimum absolute atomic E-state index is 0.352. The van der Waals surface area contributed by atoms with Crippen LogP contribution in [0.4, 0.5) is 0 Å². The van der Waals surface area contributed by atoms with Crippen LogP contribution in [0.5, 0.6) is 5.75 Å². The molecule has 1 N–H and O–H groups in total. The molecule has 0 bridgehead atoms. The van der Waals surface area contributed by atoms with Crippen molar-refractivity contribution in [2.45, 2.75) is 20.3 Å². The Morgan fingerprint density at radius 3 is 2.75 bits per heavy atom. The van der Waals surface area contributed by atoms with Gasteiger partial charge in [0.25, 0.3) is 0 Å². The molecule has 1 aromatic rings. The Morgan fingerprint density at radius 2 is 2.17 bits per heavy atom. The van der Waals surface area contributed by atoms with Crippen LogP contribution >= 0.6 is 0 Å². The molecule has 64 valence electrons. The summed E-state index contributed by atoms with van der Waals surface area (Å²) in [5.41, 5.74) is 2.15. The standard InChI is InChI=1S/C11H14O/c1-3-5-10-8-9(4-2)6-7-11(10)12/h3,5-8,12H,4H2,1-2H3/b5-3+. The van der Waals surface area contributed by atoms with Gasteiger partial charge in [0.2, 0.25) is 0 Å². The van der Waals surface area contributed by atoms with E-state index in [1.807, 2.05) is 31.2 Å². The van der Waals surface area contributed by atoms with Gasteiger partial charge in [0.1, 0.15) is 5.75 Å². The van der Waals surface area contributed by atoms with Crippen LogP contribution in [0, 0.1) is 0 Å². The number of phenolic OH excluding ortho intramolecular Hbond substituents is 1. The van der Waals surface area contributed by atoms with E-state index in [9.17, 15) is 5.11 Å². The first kappa shape index (κ1) is 8.85. The Morgan fingerprint density at radius 1 is 1.42 bits per heavy atom. The second-order valence-corrected chi connectivity index (χ2v) is 2.75. The van der Waals surface area contributed by atoms with Crippen molar-refractivity contribution in [3.8, 4) is 5.75 Å². The maximum Gasteiger partial charge on any atom is 0.122 e. The van der Waals surface area contributed by atoms with E-state index in [1.54, 1.807) is 6.07 Å². The summed E-state index contributed by atoms with van der Waals surface area (Å²) in [5.74, 6) is 0.352. The largest absolute Gasteiger partial charge is 0.507 e. The van der Waals surface area contributed by atoms with E-state index in [-0.39, 0.29) is 0 Å². The first-order valence-electron chi connectivity index (χ1n) is 4.22. The maximum atomic E-state index is 9.41. The fourth-order valence-corrected chi connectivity index (χ4v) is 1.14. The molecule has 1 heteroatoms. The van der Waals surface area contributed by atoms with Gasteiger partial charge in [-0.3, -0.25) is 0 Å². The zero-order valence-electron chi connectivity index (χ0n) is 7.54. The highest BCUT2D eigenvalue weighted by Gasteiger charge is 1.97. The molecule has 0 amide bonds. The molecule has 1 rings (SSSR count). The second-order valence-electron chi connectivity index (χ2n) is 2.75. The lowest BCUT2D eigenvalue weighted by Gasteiger charge is -2.01. The van der Waals surface area contributed by atoms with E-state index in [0.29, 0.717) is 5.75 Å². The molecule has 0 aliphatic rings. The molecule has 0 heterocycles. The molecular weight excluding hydrogens is 148 g/mol. The zero-order chi connectivity index (χ0) is 8.97. The SMILES string of the molecule is C/C=C/c1cc(CC)ccc1O. The minimum Gasteiger partial charge on any atom is -0.507 e. The van der Waals surface area contributed by atoms with Crippen molar-refractivity contribution in [2.24, 2.45) is 0 Å². The van der Waals surface area contributed by atoms with Crippen LogP contribution in [0.3, 0.4) is 0 Å². The molecule has 0 radical (unpaired) electrons. The molecule has 0 atom stereocenters. The average Bonchev–Trinajstić information content (AvgIpc) is 2.09. The van der Waals surface area contributed by atoms with E-state index in [0.717, 1.165) is 12.0 Å². The Balaban J connectivity index is 3.08. The first-order valence-corrected chi connectivity index (χ1v) is 4.22. The molecule has 0 aromatic heterocycles. The van der Waals surface area contributed by atoms with Crippen molar-refractivity contribution in [2.75, 3.05) is 0 Å². The van der Waals surface area contributed by atoms with Gasteiger partial charge in [-0.25, -0.2) is 0 Å². The molecular formula is C11H14O. The Hall–Kier alpha value is -1.24. The van der Waals surface area contributed by atoms with Crippen LogP contribution in [0.2, 0.25) is 0 Å². The number of aromatic hydroxyl groups is 1. The van der Waals surface area contributed by atoms with Crippen LogP contribution in [-0.4, -0.2) is 5.11 Å². The van der Waals surface area contributed by atoms with Gasteiger partial charge in [-0.2, -0.15) is 0 Å². The number of rotatable bonds is 2. The van der Waals surface area contributed by atoms with E-state index in [4.69, 9.17) is 0 Å². The van der Waals surface area contributed by atoms with E-state index in [2.05, 4.69) is 6.92 Å². The summed E-state index contributed by atoms with van der Waals surface area (Å²) in [6, 6.07) is 5.70. The molecule has 0 fully saturated rings. The van der Waals surface area contributed by atoms with Gasteiger partial charge in [0.15, 0.2) is 0 Å². The lowest BCUT2D eigenvalue weighted by molar-refractivity contribution is 0.474. The van der Waals surface area contributed by atoms with Crippen molar-refractivity contribution in [3.05, 3.63) is 35.4 Å². The third-order valence-electron chi connectivity index (χ3n) is 1.85. The molecule has 1 nitrogen and oxygen atoms in total. The van der Waals surface area contributed by atoms with E-state index in [1.165, 1.54) is 5.56 Å². The summed E-state index contributed by atoms with van der Waals surface area (Å²) in [4.78, 5) is 0. The lowest BCUT2D eigenvalue weighted by Crippen LogP contribution is -1.81. The monoisotopic (exact) mass is 162 g/mol. The molecule has 12 heavy (non-hydrogen) atoms. The van der Waals surface area contributed by atoms with Gasteiger partial charge in [0, 0.05) is 5.56 Å². The van der Waals surface area contributed by atoms with Crippen molar-refractivity contribution < 1.29 is 5.11 Å². The third-order valence-corrected chi connectivity index (χ3v) is 1.85. The number of benzene rings is 1. The third kappa shape index (κ3) is 1.88. The molecule has 0 saturated carbocycles. The lowest BCUT2D eigenvalue weighted by atomic mass is 10.1. The topological polar surface area (TPSA) is 20.2 Å². The maximum absolute atomic E-state index is 9.41. The fourth-order valence-electron chi connectivity index (χ4n) is 1.14. The molecule has 0 aliphatic heterocycles. The predicted octanol–water partition coefficient (Wildman–Crippen LogP) is 2.99. The van der Waals surface area contributed by atoms with Gasteiger partial charge >= 0.3 is 0 Å².